The number of carbonyl (C=O) groups excluding carboxylic acids is 3. The zero-order valence-corrected chi connectivity index (χ0v) is 16.9. The van der Waals surface area contributed by atoms with Gasteiger partial charge in [-0.25, -0.2) is 9.18 Å². The smallest absolute Gasteiger partial charge is 0.325 e. The van der Waals surface area contributed by atoms with Crippen molar-refractivity contribution in [3.8, 4) is 11.5 Å². The third-order valence-corrected chi connectivity index (χ3v) is 5.29. The second-order valence-corrected chi connectivity index (χ2v) is 7.74. The second-order valence-electron chi connectivity index (χ2n) is 7.74. The van der Waals surface area contributed by atoms with Crippen molar-refractivity contribution in [3.63, 3.8) is 0 Å². The summed E-state index contributed by atoms with van der Waals surface area (Å²) in [5, 5.41) is 5.37. The van der Waals surface area contributed by atoms with Gasteiger partial charge in [0.15, 0.2) is 11.5 Å². The van der Waals surface area contributed by atoms with E-state index in [0.29, 0.717) is 24.5 Å². The molecule has 9 heteroatoms. The molecule has 4 rings (SSSR count). The Morgan fingerprint density at radius 2 is 1.84 bits per heavy atom. The van der Waals surface area contributed by atoms with Gasteiger partial charge in [-0.15, -0.1) is 0 Å². The van der Waals surface area contributed by atoms with Gasteiger partial charge in [0.25, 0.3) is 5.91 Å². The van der Waals surface area contributed by atoms with Gasteiger partial charge >= 0.3 is 6.03 Å². The summed E-state index contributed by atoms with van der Waals surface area (Å²) in [5.74, 6) is -0.0122. The molecule has 1 unspecified atom stereocenters. The summed E-state index contributed by atoms with van der Waals surface area (Å²) < 4.78 is 23.6. The van der Waals surface area contributed by atoms with Crippen molar-refractivity contribution < 1.29 is 28.2 Å². The Bertz CT molecular complexity index is 1030. The Morgan fingerprint density at radius 1 is 1.13 bits per heavy atom. The van der Waals surface area contributed by atoms with Crippen LogP contribution in [0.15, 0.2) is 42.5 Å². The first-order valence-corrected chi connectivity index (χ1v) is 9.88. The first kappa shape index (κ1) is 20.6. The van der Waals surface area contributed by atoms with E-state index in [1.54, 1.807) is 31.2 Å². The van der Waals surface area contributed by atoms with E-state index in [4.69, 9.17) is 9.47 Å². The van der Waals surface area contributed by atoms with E-state index < -0.39 is 23.4 Å². The quantitative estimate of drug-likeness (QED) is 0.657. The monoisotopic (exact) mass is 427 g/mol. The summed E-state index contributed by atoms with van der Waals surface area (Å²) in [6.07, 6.45) is 0.755. The molecule has 0 aliphatic carbocycles. The number of halogens is 1. The van der Waals surface area contributed by atoms with Gasteiger partial charge in [0.1, 0.15) is 17.9 Å². The second kappa shape index (κ2) is 8.25. The lowest BCUT2D eigenvalue weighted by atomic mass is 9.92. The van der Waals surface area contributed by atoms with Crippen LogP contribution in [0, 0.1) is 5.82 Å². The number of nitrogens with one attached hydrogen (secondary N) is 2. The van der Waals surface area contributed by atoms with Crippen LogP contribution in [0.4, 0.5) is 9.18 Å². The van der Waals surface area contributed by atoms with Crippen LogP contribution in [0.25, 0.3) is 0 Å². The van der Waals surface area contributed by atoms with E-state index in [1.807, 2.05) is 6.07 Å². The van der Waals surface area contributed by atoms with Crippen LogP contribution in [-0.4, -0.2) is 48.2 Å². The lowest BCUT2D eigenvalue weighted by Gasteiger charge is -2.22. The first-order chi connectivity index (χ1) is 14.8. The SMILES string of the molecule is CC1(Cc2ccc3c(c2)OCO3)NC(=O)N(CC(=O)NCCc2ccc(F)cc2)C1=O. The number of rotatable bonds is 7. The zero-order chi connectivity index (χ0) is 22.0. The molecule has 2 aliphatic rings. The number of ether oxygens (including phenoxy) is 2. The minimum atomic E-state index is -1.17. The molecule has 2 aromatic carbocycles. The van der Waals surface area contributed by atoms with Gasteiger partial charge < -0.3 is 20.1 Å². The van der Waals surface area contributed by atoms with Crippen molar-refractivity contribution in [2.75, 3.05) is 19.9 Å². The summed E-state index contributed by atoms with van der Waals surface area (Å²) in [7, 11) is 0. The minimum absolute atomic E-state index is 0.149. The summed E-state index contributed by atoms with van der Waals surface area (Å²) in [6.45, 7) is 1.72. The number of imide groups is 1. The van der Waals surface area contributed by atoms with Crippen LogP contribution in [-0.2, 0) is 22.4 Å². The van der Waals surface area contributed by atoms with E-state index in [0.717, 1.165) is 16.0 Å². The van der Waals surface area contributed by atoms with Crippen molar-refractivity contribution in [2.45, 2.75) is 25.3 Å². The molecule has 31 heavy (non-hydrogen) atoms. The van der Waals surface area contributed by atoms with Crippen LogP contribution in [0.5, 0.6) is 11.5 Å². The molecule has 1 fully saturated rings. The molecule has 0 spiro atoms. The lowest BCUT2D eigenvalue weighted by molar-refractivity contribution is -0.134. The van der Waals surface area contributed by atoms with E-state index >= 15 is 0 Å². The highest BCUT2D eigenvalue weighted by molar-refractivity contribution is 6.08. The predicted molar refractivity (Wildman–Crippen MR) is 108 cm³/mol. The molecule has 0 bridgehead atoms. The predicted octanol–water partition coefficient (Wildman–Crippen LogP) is 1.77. The highest BCUT2D eigenvalue weighted by Crippen LogP contribution is 2.34. The standard InChI is InChI=1S/C22H22FN3O5/c1-22(11-15-4-7-17-18(10-15)31-13-30-17)20(28)26(21(29)25-22)12-19(27)24-9-8-14-2-5-16(23)6-3-14/h2-7,10H,8-9,11-13H2,1H3,(H,24,27)(H,25,29). The number of carbonyl (C=O) groups is 3. The van der Waals surface area contributed by atoms with Crippen molar-refractivity contribution in [3.05, 3.63) is 59.4 Å². The Kier molecular flexibility index (Phi) is 5.50. The molecule has 8 nitrogen and oxygen atoms in total. The van der Waals surface area contributed by atoms with Crippen LogP contribution in [0.3, 0.4) is 0 Å². The topological polar surface area (TPSA) is 97.0 Å². The largest absolute Gasteiger partial charge is 0.454 e. The van der Waals surface area contributed by atoms with Gasteiger partial charge in [0.2, 0.25) is 12.7 Å². The maximum absolute atomic E-state index is 12.9. The molecule has 4 amide bonds. The molecule has 0 radical (unpaired) electrons. The zero-order valence-electron chi connectivity index (χ0n) is 16.9. The maximum atomic E-state index is 12.9. The van der Waals surface area contributed by atoms with Gasteiger partial charge in [0, 0.05) is 13.0 Å². The molecule has 2 aromatic rings. The van der Waals surface area contributed by atoms with Crippen LogP contribution in [0.1, 0.15) is 18.1 Å². The lowest BCUT2D eigenvalue weighted by Crippen LogP contribution is -2.47. The molecule has 2 aliphatic heterocycles. The van der Waals surface area contributed by atoms with Gasteiger partial charge in [-0.05, 0) is 48.7 Å². The fourth-order valence-corrected chi connectivity index (χ4v) is 3.67. The van der Waals surface area contributed by atoms with E-state index in [-0.39, 0.29) is 25.6 Å². The number of amides is 4. The van der Waals surface area contributed by atoms with Crippen LogP contribution in [0.2, 0.25) is 0 Å². The molecule has 0 saturated carbocycles. The molecule has 1 atom stereocenters. The molecule has 0 aromatic heterocycles. The number of urea groups is 1. The van der Waals surface area contributed by atoms with Crippen molar-refractivity contribution in [2.24, 2.45) is 0 Å². The number of hydrogen-bond donors (Lipinski definition) is 2. The van der Waals surface area contributed by atoms with Crippen molar-refractivity contribution in [1.82, 2.24) is 15.5 Å². The van der Waals surface area contributed by atoms with Gasteiger partial charge in [-0.2, -0.15) is 0 Å². The summed E-state index contributed by atoms with van der Waals surface area (Å²) in [6, 6.07) is 10.7. The van der Waals surface area contributed by atoms with E-state index in [9.17, 15) is 18.8 Å². The Morgan fingerprint density at radius 3 is 2.61 bits per heavy atom. The van der Waals surface area contributed by atoms with Crippen molar-refractivity contribution >= 4 is 17.8 Å². The molecule has 1 saturated heterocycles. The first-order valence-electron chi connectivity index (χ1n) is 9.88. The number of fused-ring (bicyclic) bond motifs is 1. The van der Waals surface area contributed by atoms with Crippen molar-refractivity contribution in [1.29, 1.82) is 0 Å². The normalized spacial score (nSPS) is 19.5. The Labute approximate surface area is 178 Å². The summed E-state index contributed by atoms with van der Waals surface area (Å²) >= 11 is 0. The highest BCUT2D eigenvalue weighted by atomic mass is 19.1. The number of nitrogens with zero attached hydrogens (tertiary/aromatic N) is 1. The molecular weight excluding hydrogens is 405 g/mol. The van der Waals surface area contributed by atoms with E-state index in [2.05, 4.69) is 10.6 Å². The number of benzene rings is 2. The molecular formula is C22H22FN3O5. The van der Waals surface area contributed by atoms with Gasteiger partial charge in [0.05, 0.1) is 0 Å². The minimum Gasteiger partial charge on any atom is -0.454 e. The average Bonchev–Trinajstić information content (AvgIpc) is 3.27. The third kappa shape index (κ3) is 4.45. The van der Waals surface area contributed by atoms with E-state index in [1.165, 1.54) is 12.1 Å². The van der Waals surface area contributed by atoms with Gasteiger partial charge in [-0.1, -0.05) is 18.2 Å². The highest BCUT2D eigenvalue weighted by Gasteiger charge is 2.48. The van der Waals surface area contributed by atoms with Crippen LogP contribution < -0.4 is 20.1 Å². The summed E-state index contributed by atoms with van der Waals surface area (Å²) in [5.41, 5.74) is 0.498. The average molecular weight is 427 g/mol. The third-order valence-electron chi connectivity index (χ3n) is 5.29. The fourth-order valence-electron chi connectivity index (χ4n) is 3.67. The maximum Gasteiger partial charge on any atom is 0.325 e. The Balaban J connectivity index is 1.32. The summed E-state index contributed by atoms with van der Waals surface area (Å²) in [4.78, 5) is 38.5. The fraction of sp³-hybridized carbons (Fsp3) is 0.318. The number of hydrogen-bond acceptors (Lipinski definition) is 5. The molecule has 2 heterocycles. The Hall–Kier alpha value is -3.62. The molecule has 2 N–H and O–H groups in total. The van der Waals surface area contributed by atoms with Gasteiger partial charge in [-0.3, -0.25) is 14.5 Å². The van der Waals surface area contributed by atoms with Crippen LogP contribution >= 0.6 is 0 Å². The molecule has 162 valence electrons.